The fourth-order valence-electron chi connectivity index (χ4n) is 6.24. The van der Waals surface area contributed by atoms with Crippen molar-refractivity contribution in [2.45, 2.75) is 38.0 Å². The number of carboxylic acids is 1. The second-order valence-electron chi connectivity index (χ2n) is 11.2. The van der Waals surface area contributed by atoms with Crippen LogP contribution in [0.25, 0.3) is 11.1 Å². The van der Waals surface area contributed by atoms with Crippen molar-refractivity contribution in [1.82, 2.24) is 14.0 Å². The monoisotopic (exact) mass is 609 g/mol. The minimum Gasteiger partial charge on any atom is -0.480 e. The van der Waals surface area contributed by atoms with Crippen LogP contribution in [0.3, 0.4) is 0 Å². The Kier molecular flexibility index (Phi) is 8.18. The van der Waals surface area contributed by atoms with Crippen molar-refractivity contribution in [3.05, 3.63) is 128 Å². The number of rotatable bonds is 8. The molecule has 11 nitrogen and oxygen atoms in total. The summed E-state index contributed by atoms with van der Waals surface area (Å²) < 4.78 is 13.2. The summed E-state index contributed by atoms with van der Waals surface area (Å²) in [5.74, 6) is -2.07. The highest BCUT2D eigenvalue weighted by Gasteiger charge is 2.39. The van der Waals surface area contributed by atoms with Crippen LogP contribution in [0, 0.1) is 6.92 Å². The Bertz CT molecular complexity index is 1850. The molecule has 1 amide bonds. The van der Waals surface area contributed by atoms with E-state index in [0.717, 1.165) is 22.3 Å². The molecule has 0 unspecified atom stereocenters. The quantitative estimate of drug-likeness (QED) is 0.321. The highest BCUT2D eigenvalue weighted by Crippen LogP contribution is 2.44. The van der Waals surface area contributed by atoms with Crippen molar-refractivity contribution in [3.8, 4) is 11.1 Å². The number of aryl methyl sites for hydroxylation is 1. The van der Waals surface area contributed by atoms with E-state index in [-0.39, 0.29) is 43.2 Å². The van der Waals surface area contributed by atoms with E-state index < -0.39 is 48.0 Å². The number of carboxylic acid groups (broad SMARTS) is 1. The molecule has 11 heteroatoms. The second kappa shape index (κ2) is 12.4. The van der Waals surface area contributed by atoms with E-state index in [0.29, 0.717) is 4.57 Å². The van der Waals surface area contributed by atoms with Gasteiger partial charge in [0.1, 0.15) is 13.2 Å². The molecule has 1 aromatic heterocycles. The molecule has 230 valence electrons. The molecule has 1 aliphatic carbocycles. The lowest BCUT2D eigenvalue weighted by molar-refractivity contribution is -0.144. The summed E-state index contributed by atoms with van der Waals surface area (Å²) in [5, 5.41) is 9.15. The van der Waals surface area contributed by atoms with Crippen molar-refractivity contribution in [3.63, 3.8) is 0 Å². The van der Waals surface area contributed by atoms with Crippen LogP contribution in [0.5, 0.6) is 0 Å². The number of carbonyl (C=O) groups is 3. The number of carbonyl (C=O) groups excluding carboxylic acids is 2. The number of amides is 1. The van der Waals surface area contributed by atoms with Crippen LogP contribution in [-0.2, 0) is 20.8 Å². The standard InChI is InChI=1S/C34H31N3O8/c1-21-16-35(33(42)37(31(21)40)32(41)22-9-3-2-4-10-22)17-23-15-24(44-20-30(38)39)18-36(23)34(43)45-19-29-27-13-7-5-11-25(27)26-12-6-8-14-28(26)29/h2-14,16,23-24,29H,15,17-20H2,1H3,(H,38,39)/t23-,24-/m1/s1. The number of aromatic nitrogens is 2. The molecule has 4 aromatic rings. The number of ether oxygens (including phenoxy) is 2. The summed E-state index contributed by atoms with van der Waals surface area (Å²) in [4.78, 5) is 65.8. The molecule has 0 radical (unpaired) electrons. The minimum absolute atomic E-state index is 0.0466. The number of aliphatic carboxylic acids is 1. The first-order valence-corrected chi connectivity index (χ1v) is 14.6. The maximum Gasteiger partial charge on any atom is 0.410 e. The van der Waals surface area contributed by atoms with E-state index in [1.807, 2.05) is 48.5 Å². The second-order valence-corrected chi connectivity index (χ2v) is 11.2. The first kappa shape index (κ1) is 29.8. The summed E-state index contributed by atoms with van der Waals surface area (Å²) in [6.07, 6.45) is 0.317. The Morgan fingerprint density at radius 2 is 1.51 bits per heavy atom. The largest absolute Gasteiger partial charge is 0.480 e. The van der Waals surface area contributed by atoms with Crippen molar-refractivity contribution in [2.24, 2.45) is 0 Å². The van der Waals surface area contributed by atoms with E-state index in [1.54, 1.807) is 18.2 Å². The van der Waals surface area contributed by atoms with Crippen molar-refractivity contribution >= 4 is 18.0 Å². The topological polar surface area (TPSA) is 137 Å². The van der Waals surface area contributed by atoms with E-state index in [2.05, 4.69) is 0 Å². The number of hydrogen-bond donors (Lipinski definition) is 1. The van der Waals surface area contributed by atoms with Gasteiger partial charge >= 0.3 is 17.8 Å². The molecule has 1 aliphatic heterocycles. The Balaban J connectivity index is 1.26. The van der Waals surface area contributed by atoms with Gasteiger partial charge < -0.3 is 19.5 Å². The van der Waals surface area contributed by atoms with E-state index in [4.69, 9.17) is 14.6 Å². The number of hydrogen-bond acceptors (Lipinski definition) is 7. The Morgan fingerprint density at radius 3 is 2.16 bits per heavy atom. The average Bonchev–Trinajstić information content (AvgIpc) is 3.60. The molecular formula is C34H31N3O8. The lowest BCUT2D eigenvalue weighted by Crippen LogP contribution is -2.47. The zero-order valence-electron chi connectivity index (χ0n) is 24.5. The van der Waals surface area contributed by atoms with E-state index in [9.17, 15) is 24.0 Å². The molecule has 6 rings (SSSR count). The number of fused-ring (bicyclic) bond motifs is 3. The third-order valence-corrected chi connectivity index (χ3v) is 8.35. The fraction of sp³-hybridized carbons (Fsp3) is 0.265. The maximum atomic E-state index is 13.6. The molecule has 1 fully saturated rings. The van der Waals surface area contributed by atoms with Crippen molar-refractivity contribution in [1.29, 1.82) is 0 Å². The Morgan fingerprint density at radius 1 is 0.889 bits per heavy atom. The summed E-state index contributed by atoms with van der Waals surface area (Å²) in [6.45, 7) is 1.01. The lowest BCUT2D eigenvalue weighted by atomic mass is 9.98. The zero-order valence-corrected chi connectivity index (χ0v) is 24.5. The van der Waals surface area contributed by atoms with Gasteiger partial charge in [-0.2, -0.15) is 4.57 Å². The van der Waals surface area contributed by atoms with Crippen LogP contribution in [-0.4, -0.2) is 69.0 Å². The molecule has 0 spiro atoms. The van der Waals surface area contributed by atoms with Crippen LogP contribution >= 0.6 is 0 Å². The van der Waals surface area contributed by atoms with Crippen molar-refractivity contribution in [2.75, 3.05) is 19.8 Å². The first-order valence-electron chi connectivity index (χ1n) is 14.6. The Hall–Kier alpha value is -5.29. The summed E-state index contributed by atoms with van der Waals surface area (Å²) in [6, 6.07) is 23.3. The van der Waals surface area contributed by atoms with Gasteiger partial charge in [-0.3, -0.25) is 14.2 Å². The zero-order chi connectivity index (χ0) is 31.7. The van der Waals surface area contributed by atoms with Crippen LogP contribution in [0.4, 0.5) is 4.79 Å². The van der Waals surface area contributed by atoms with E-state index in [1.165, 1.54) is 34.7 Å². The molecule has 3 aromatic carbocycles. The number of benzene rings is 3. The van der Waals surface area contributed by atoms with Gasteiger partial charge in [0.2, 0.25) is 0 Å². The van der Waals surface area contributed by atoms with Gasteiger partial charge in [0, 0.05) is 29.8 Å². The van der Waals surface area contributed by atoms with Crippen molar-refractivity contribution < 1.29 is 29.0 Å². The number of likely N-dealkylation sites (tertiary alicyclic amines) is 1. The van der Waals surface area contributed by atoms with Gasteiger partial charge in [0.05, 0.1) is 18.7 Å². The normalized spacial score (nSPS) is 17.1. The van der Waals surface area contributed by atoms with Crippen LogP contribution in [0.15, 0.2) is 94.6 Å². The third kappa shape index (κ3) is 5.82. The molecule has 2 heterocycles. The molecule has 0 saturated carbocycles. The number of nitrogens with zero attached hydrogens (tertiary/aromatic N) is 3. The molecule has 2 atom stereocenters. The minimum atomic E-state index is -1.15. The van der Waals surface area contributed by atoms with Gasteiger partial charge in [-0.1, -0.05) is 66.7 Å². The fourth-order valence-corrected chi connectivity index (χ4v) is 6.24. The summed E-state index contributed by atoms with van der Waals surface area (Å²) in [5.41, 5.74) is 3.06. The summed E-state index contributed by atoms with van der Waals surface area (Å²) >= 11 is 0. The lowest BCUT2D eigenvalue weighted by Gasteiger charge is -2.25. The van der Waals surface area contributed by atoms with Gasteiger partial charge in [-0.15, -0.1) is 0 Å². The van der Waals surface area contributed by atoms with E-state index >= 15 is 0 Å². The molecule has 0 bridgehead atoms. The highest BCUT2D eigenvalue weighted by molar-refractivity contribution is 5.95. The van der Waals surface area contributed by atoms with Gasteiger partial charge in [-0.25, -0.2) is 14.4 Å². The molecule has 1 saturated heterocycles. The highest BCUT2D eigenvalue weighted by atomic mass is 16.6. The Labute approximate surface area is 257 Å². The molecular weight excluding hydrogens is 578 g/mol. The third-order valence-electron chi connectivity index (χ3n) is 8.35. The van der Waals surface area contributed by atoms with Crippen LogP contribution < -0.4 is 11.2 Å². The van der Waals surface area contributed by atoms with Gasteiger partial charge in [0.25, 0.3) is 11.5 Å². The first-order chi connectivity index (χ1) is 21.7. The molecule has 45 heavy (non-hydrogen) atoms. The van der Waals surface area contributed by atoms with Gasteiger partial charge in [0.15, 0.2) is 0 Å². The maximum absolute atomic E-state index is 13.6. The molecule has 2 aliphatic rings. The predicted octanol–water partition coefficient (Wildman–Crippen LogP) is 3.50. The van der Waals surface area contributed by atoms with Crippen LogP contribution in [0.1, 0.15) is 39.4 Å². The predicted molar refractivity (Wildman–Crippen MR) is 163 cm³/mol. The SMILES string of the molecule is Cc1cn(C[C@H]2C[C@@H](OCC(=O)O)CN2C(=O)OCC2c3ccccc3-c3ccccc32)c(=O)n(C(=O)c2ccccc2)c1=O. The van der Waals surface area contributed by atoms with Crippen LogP contribution in [0.2, 0.25) is 0 Å². The van der Waals surface area contributed by atoms with Gasteiger partial charge in [-0.05, 0) is 47.7 Å². The molecule has 1 N–H and O–H groups in total. The smallest absolute Gasteiger partial charge is 0.410 e. The average molecular weight is 610 g/mol. The summed E-state index contributed by atoms with van der Waals surface area (Å²) in [7, 11) is 0.